The quantitative estimate of drug-likeness (QED) is 0.369. The predicted molar refractivity (Wildman–Crippen MR) is 105 cm³/mol. The second-order valence-corrected chi connectivity index (χ2v) is 6.71. The molecule has 0 bridgehead atoms. The zero-order valence-electron chi connectivity index (χ0n) is 16.4. The smallest absolute Gasteiger partial charge is 0.191 e. The van der Waals surface area contributed by atoms with Crippen molar-refractivity contribution < 1.29 is 18.6 Å². The van der Waals surface area contributed by atoms with Crippen molar-refractivity contribution in [3.05, 3.63) is 35.6 Å². The zero-order valence-corrected chi connectivity index (χ0v) is 16.4. The first-order valence-electron chi connectivity index (χ1n) is 9.55. The summed E-state index contributed by atoms with van der Waals surface area (Å²) >= 11 is 0. The zero-order chi connectivity index (χ0) is 19.4. The Balaban J connectivity index is 1.83. The van der Waals surface area contributed by atoms with Crippen LogP contribution in [0, 0.1) is 5.82 Å². The maximum atomic E-state index is 13.3. The van der Waals surface area contributed by atoms with Crippen molar-refractivity contribution >= 4 is 5.96 Å². The molecule has 1 aliphatic rings. The summed E-state index contributed by atoms with van der Waals surface area (Å²) in [6.45, 7) is 4.85. The fraction of sp³-hybridized carbons (Fsp3) is 0.650. The van der Waals surface area contributed by atoms with Crippen molar-refractivity contribution in [2.75, 3.05) is 60.3 Å². The van der Waals surface area contributed by atoms with E-state index >= 15 is 0 Å². The van der Waals surface area contributed by atoms with Gasteiger partial charge in [0.15, 0.2) is 5.96 Å². The van der Waals surface area contributed by atoms with Crippen molar-refractivity contribution in [3.8, 4) is 0 Å². The molecule has 1 aliphatic heterocycles. The number of hydrogen-bond acceptors (Lipinski definition) is 4. The van der Waals surface area contributed by atoms with E-state index in [9.17, 15) is 4.39 Å². The molecule has 1 heterocycles. The summed E-state index contributed by atoms with van der Waals surface area (Å²) < 4.78 is 29.3. The molecular weight excluding hydrogens is 349 g/mol. The minimum absolute atomic E-state index is 0.0766. The topological polar surface area (TPSA) is 64.1 Å². The summed E-state index contributed by atoms with van der Waals surface area (Å²) in [7, 11) is 3.43. The van der Waals surface area contributed by atoms with Gasteiger partial charge < -0.3 is 24.8 Å². The first-order chi connectivity index (χ1) is 13.2. The monoisotopic (exact) mass is 381 g/mol. The third kappa shape index (κ3) is 7.08. The van der Waals surface area contributed by atoms with Crippen LogP contribution >= 0.6 is 0 Å². The first-order valence-corrected chi connectivity index (χ1v) is 9.55. The van der Waals surface area contributed by atoms with Gasteiger partial charge in [0.1, 0.15) is 5.82 Å². The third-order valence-electron chi connectivity index (χ3n) is 4.91. The van der Waals surface area contributed by atoms with Crippen LogP contribution in [0.15, 0.2) is 29.3 Å². The summed E-state index contributed by atoms with van der Waals surface area (Å²) in [4.78, 5) is 4.30. The summed E-state index contributed by atoms with van der Waals surface area (Å²) in [6.07, 6.45) is 2.69. The molecule has 6 nitrogen and oxygen atoms in total. The van der Waals surface area contributed by atoms with E-state index in [1.165, 1.54) is 12.1 Å². The van der Waals surface area contributed by atoms with Crippen molar-refractivity contribution in [1.29, 1.82) is 0 Å². The van der Waals surface area contributed by atoms with E-state index in [4.69, 9.17) is 14.2 Å². The number of methoxy groups -OCH3 is 1. The standard InChI is InChI=1S/C20H32FN3O3/c1-22-19(23-10-3-11-26-15-14-25-2)24-16-20(8-12-27-13-9-20)17-4-6-18(21)7-5-17/h4-7H,3,8-16H2,1-2H3,(H2,22,23,24). The Morgan fingerprint density at radius 1 is 1.15 bits per heavy atom. The highest BCUT2D eigenvalue weighted by Gasteiger charge is 2.34. The lowest BCUT2D eigenvalue weighted by Gasteiger charge is -2.38. The Morgan fingerprint density at radius 3 is 2.56 bits per heavy atom. The molecule has 0 aliphatic carbocycles. The highest BCUT2D eigenvalue weighted by Crippen LogP contribution is 2.34. The number of guanidine groups is 1. The molecule has 0 saturated carbocycles. The van der Waals surface area contributed by atoms with Crippen molar-refractivity contribution in [1.82, 2.24) is 10.6 Å². The maximum Gasteiger partial charge on any atom is 0.191 e. The summed E-state index contributed by atoms with van der Waals surface area (Å²) in [6, 6.07) is 6.83. The number of rotatable bonds is 10. The molecule has 2 rings (SSSR count). The molecular formula is C20H32FN3O3. The van der Waals surface area contributed by atoms with Crippen LogP contribution in [0.3, 0.4) is 0 Å². The summed E-state index contributed by atoms with van der Waals surface area (Å²) in [5, 5.41) is 6.75. The van der Waals surface area contributed by atoms with E-state index in [1.54, 1.807) is 14.2 Å². The van der Waals surface area contributed by atoms with Gasteiger partial charge in [0.25, 0.3) is 0 Å². The lowest BCUT2D eigenvalue weighted by Crippen LogP contribution is -2.48. The Labute approximate surface area is 161 Å². The molecule has 1 saturated heterocycles. The number of nitrogens with zero attached hydrogens (tertiary/aromatic N) is 1. The van der Waals surface area contributed by atoms with Gasteiger partial charge in [0.2, 0.25) is 0 Å². The van der Waals surface area contributed by atoms with Crippen LogP contribution in [-0.4, -0.2) is 66.2 Å². The van der Waals surface area contributed by atoms with Crippen LogP contribution in [-0.2, 0) is 19.6 Å². The molecule has 152 valence electrons. The Kier molecular flexibility index (Phi) is 9.52. The van der Waals surface area contributed by atoms with Crippen LogP contribution in [0.4, 0.5) is 4.39 Å². The minimum Gasteiger partial charge on any atom is -0.382 e. The van der Waals surface area contributed by atoms with Gasteiger partial charge in [-0.05, 0) is 37.0 Å². The molecule has 0 radical (unpaired) electrons. The maximum absolute atomic E-state index is 13.3. The predicted octanol–water partition coefficient (Wildman–Crippen LogP) is 2.09. The van der Waals surface area contributed by atoms with Crippen molar-refractivity contribution in [3.63, 3.8) is 0 Å². The number of ether oxygens (including phenoxy) is 3. The fourth-order valence-electron chi connectivity index (χ4n) is 3.23. The van der Waals surface area contributed by atoms with Gasteiger partial charge in [-0.2, -0.15) is 0 Å². The molecule has 7 heteroatoms. The molecule has 27 heavy (non-hydrogen) atoms. The first kappa shape index (κ1) is 21.6. The van der Waals surface area contributed by atoms with Crippen LogP contribution in [0.5, 0.6) is 0 Å². The Morgan fingerprint density at radius 2 is 1.89 bits per heavy atom. The van der Waals surface area contributed by atoms with E-state index in [0.29, 0.717) is 33.0 Å². The third-order valence-corrected chi connectivity index (χ3v) is 4.91. The van der Waals surface area contributed by atoms with Crippen LogP contribution in [0.2, 0.25) is 0 Å². The molecule has 0 unspecified atom stereocenters. The highest BCUT2D eigenvalue weighted by atomic mass is 19.1. The molecule has 0 amide bonds. The SMILES string of the molecule is CN=C(NCCCOCCOC)NCC1(c2ccc(F)cc2)CCOCC1. The second-order valence-electron chi connectivity index (χ2n) is 6.71. The largest absolute Gasteiger partial charge is 0.382 e. The van der Waals surface area contributed by atoms with Gasteiger partial charge in [0.05, 0.1) is 13.2 Å². The van der Waals surface area contributed by atoms with Gasteiger partial charge in [-0.25, -0.2) is 4.39 Å². The molecule has 1 fully saturated rings. The molecule has 0 atom stereocenters. The van der Waals surface area contributed by atoms with E-state index in [0.717, 1.165) is 43.9 Å². The van der Waals surface area contributed by atoms with Crippen LogP contribution < -0.4 is 10.6 Å². The number of nitrogens with one attached hydrogen (secondary N) is 2. The second kappa shape index (κ2) is 11.9. The van der Waals surface area contributed by atoms with E-state index in [2.05, 4.69) is 15.6 Å². The van der Waals surface area contributed by atoms with E-state index < -0.39 is 0 Å². The van der Waals surface area contributed by atoms with Gasteiger partial charge >= 0.3 is 0 Å². The lowest BCUT2D eigenvalue weighted by molar-refractivity contribution is 0.0513. The van der Waals surface area contributed by atoms with Crippen LogP contribution in [0.25, 0.3) is 0 Å². The molecule has 0 aromatic heterocycles. The van der Waals surface area contributed by atoms with E-state index in [1.807, 2.05) is 12.1 Å². The van der Waals surface area contributed by atoms with Crippen LogP contribution in [0.1, 0.15) is 24.8 Å². The number of aliphatic imine (C=N–C) groups is 1. The summed E-state index contributed by atoms with van der Waals surface area (Å²) in [5.41, 5.74) is 1.06. The molecule has 0 spiro atoms. The molecule has 1 aromatic carbocycles. The average Bonchev–Trinajstić information content (AvgIpc) is 2.70. The number of hydrogen-bond donors (Lipinski definition) is 2. The van der Waals surface area contributed by atoms with E-state index in [-0.39, 0.29) is 11.2 Å². The van der Waals surface area contributed by atoms with Gasteiger partial charge in [0, 0.05) is 52.5 Å². The normalized spacial score (nSPS) is 16.9. The average molecular weight is 381 g/mol. The highest BCUT2D eigenvalue weighted by molar-refractivity contribution is 5.79. The van der Waals surface area contributed by atoms with Crippen molar-refractivity contribution in [2.45, 2.75) is 24.7 Å². The molecule has 1 aromatic rings. The minimum atomic E-state index is -0.209. The lowest BCUT2D eigenvalue weighted by atomic mass is 9.74. The summed E-state index contributed by atoms with van der Waals surface area (Å²) in [5.74, 6) is 0.555. The Bertz CT molecular complexity index is 560. The van der Waals surface area contributed by atoms with Gasteiger partial charge in [-0.15, -0.1) is 0 Å². The molecule has 2 N–H and O–H groups in total. The number of benzene rings is 1. The van der Waals surface area contributed by atoms with Gasteiger partial charge in [-0.3, -0.25) is 4.99 Å². The van der Waals surface area contributed by atoms with Gasteiger partial charge in [-0.1, -0.05) is 12.1 Å². The number of halogens is 1. The Hall–Kier alpha value is -1.70. The fourth-order valence-corrected chi connectivity index (χ4v) is 3.23. The van der Waals surface area contributed by atoms with Crippen molar-refractivity contribution in [2.24, 2.45) is 4.99 Å².